The summed E-state index contributed by atoms with van der Waals surface area (Å²) in [6.07, 6.45) is 12.4. The number of carbonyl (C=O) groups excluding carboxylic acids is 2. The maximum atomic E-state index is 12.6. The average molecular weight is 947 g/mol. The minimum Gasteiger partial charge on any atom is -0.494 e. The Morgan fingerprint density at radius 3 is 1.60 bits per heavy atom. The van der Waals surface area contributed by atoms with Gasteiger partial charge < -0.3 is 45.4 Å². The minimum absolute atomic E-state index is 0.137. The molecule has 2 saturated heterocycles. The molecule has 2 amide bonds. The summed E-state index contributed by atoms with van der Waals surface area (Å²) in [6, 6.07) is 27.0. The summed E-state index contributed by atoms with van der Waals surface area (Å²) in [5.74, 6) is -0.280. The molecule has 2 aromatic heterocycles. The number of unbranched alkanes of at least 4 members (excludes halogenated alkanes) is 2. The van der Waals surface area contributed by atoms with Gasteiger partial charge in [-0.05, 0) is 149 Å². The number of nitrogens with one attached hydrogen (secondary N) is 4. The number of nitrogens with zero attached hydrogens (tertiary/aromatic N) is 2. The van der Waals surface area contributed by atoms with Gasteiger partial charge in [-0.3, -0.25) is 9.59 Å². The van der Waals surface area contributed by atoms with E-state index in [9.17, 15) is 29.4 Å². The first-order chi connectivity index (χ1) is 33.2. The number of piperidine rings is 2. The molecule has 0 spiro atoms. The van der Waals surface area contributed by atoms with Gasteiger partial charge in [0.1, 0.15) is 29.1 Å². The van der Waals surface area contributed by atoms with Crippen molar-refractivity contribution in [2.75, 3.05) is 39.4 Å². The number of amides is 2. The number of benzene rings is 4. The number of carboxylic acid groups (broad SMARTS) is 2. The number of para-hydroxylation sites is 3. The summed E-state index contributed by atoms with van der Waals surface area (Å²) >= 11 is 1.25. The lowest BCUT2D eigenvalue weighted by molar-refractivity contribution is -0.140. The van der Waals surface area contributed by atoms with Crippen molar-refractivity contribution < 1.29 is 43.3 Å². The highest BCUT2D eigenvalue weighted by molar-refractivity contribution is 7.20. The second-order valence-corrected chi connectivity index (χ2v) is 18.5. The Morgan fingerprint density at radius 2 is 1.10 bits per heavy atom. The second kappa shape index (κ2) is 25.7. The van der Waals surface area contributed by atoms with Crippen molar-refractivity contribution >= 4 is 56.4 Å². The zero-order chi connectivity index (χ0) is 47.5. The number of carboxylic acids is 2. The van der Waals surface area contributed by atoms with Crippen LogP contribution in [-0.2, 0) is 22.4 Å². The van der Waals surface area contributed by atoms with Crippen molar-refractivity contribution in [3.05, 3.63) is 119 Å². The van der Waals surface area contributed by atoms with E-state index in [1.165, 1.54) is 62.7 Å². The summed E-state index contributed by atoms with van der Waals surface area (Å²) in [7, 11) is 0. The number of ether oxygens (including phenoxy) is 2. The van der Waals surface area contributed by atoms with Gasteiger partial charge in [0, 0.05) is 12.8 Å². The van der Waals surface area contributed by atoms with Crippen LogP contribution in [0.3, 0.4) is 0 Å². The lowest BCUT2D eigenvalue weighted by atomic mass is 9.93. The molecule has 6 aromatic rings. The van der Waals surface area contributed by atoms with Crippen molar-refractivity contribution in [2.45, 2.75) is 89.1 Å². The van der Waals surface area contributed by atoms with Crippen LogP contribution in [0.1, 0.15) is 95.8 Å². The quantitative estimate of drug-likeness (QED) is 0.0356. The van der Waals surface area contributed by atoms with Crippen molar-refractivity contribution in [3.8, 4) is 11.5 Å². The molecular weight excluding hydrogens is 885 g/mol. The maximum Gasteiger partial charge on any atom is 0.326 e. The van der Waals surface area contributed by atoms with Gasteiger partial charge in [0.2, 0.25) is 0 Å². The van der Waals surface area contributed by atoms with E-state index in [0.29, 0.717) is 24.3 Å². The number of aromatic nitrogens is 2. The first-order valence-electron chi connectivity index (χ1n) is 23.8. The normalized spacial score (nSPS) is 15.2. The van der Waals surface area contributed by atoms with E-state index in [1.54, 1.807) is 24.3 Å². The molecule has 2 aliphatic heterocycles. The molecule has 360 valence electrons. The van der Waals surface area contributed by atoms with Crippen molar-refractivity contribution in [3.63, 3.8) is 0 Å². The minimum atomic E-state index is -1.13. The van der Waals surface area contributed by atoms with Gasteiger partial charge in [-0.1, -0.05) is 61.4 Å². The number of hydrogen-bond donors (Lipinski definition) is 6. The number of aliphatic carboxylic acids is 2. The van der Waals surface area contributed by atoms with Crippen LogP contribution in [0.15, 0.2) is 101 Å². The number of oxazole rings is 1. The summed E-state index contributed by atoms with van der Waals surface area (Å²) < 4.78 is 18.0. The lowest BCUT2D eigenvalue weighted by Gasteiger charge is -2.22. The number of thiazole rings is 1. The van der Waals surface area contributed by atoms with E-state index in [-0.39, 0.29) is 23.7 Å². The molecule has 0 saturated carbocycles. The number of rotatable bonds is 22. The predicted octanol–water partition coefficient (Wildman–Crippen LogP) is 8.07. The first-order valence-corrected chi connectivity index (χ1v) is 24.6. The Hall–Kier alpha value is -6.36. The maximum absolute atomic E-state index is 12.6. The molecule has 0 bridgehead atoms. The van der Waals surface area contributed by atoms with Crippen LogP contribution in [0, 0.1) is 11.8 Å². The second-order valence-electron chi connectivity index (χ2n) is 17.5. The summed E-state index contributed by atoms with van der Waals surface area (Å²) in [5, 5.41) is 31.4. The van der Waals surface area contributed by atoms with Crippen LogP contribution >= 0.6 is 11.3 Å². The molecule has 4 heterocycles. The van der Waals surface area contributed by atoms with Crippen LogP contribution in [0.25, 0.3) is 21.3 Å². The van der Waals surface area contributed by atoms with Gasteiger partial charge in [0.05, 0.1) is 23.4 Å². The molecule has 6 N–H and O–H groups in total. The van der Waals surface area contributed by atoms with Gasteiger partial charge >= 0.3 is 17.8 Å². The highest BCUT2D eigenvalue weighted by Gasteiger charge is 2.25. The molecule has 68 heavy (non-hydrogen) atoms. The van der Waals surface area contributed by atoms with E-state index in [4.69, 9.17) is 13.9 Å². The third-order valence-electron chi connectivity index (χ3n) is 12.4. The topological polar surface area (TPSA) is 214 Å². The van der Waals surface area contributed by atoms with E-state index < -0.39 is 35.8 Å². The highest BCUT2D eigenvalue weighted by Crippen LogP contribution is 2.24. The third kappa shape index (κ3) is 15.3. The van der Waals surface area contributed by atoms with Crippen LogP contribution in [0.2, 0.25) is 0 Å². The fourth-order valence-electron chi connectivity index (χ4n) is 8.48. The lowest BCUT2D eigenvalue weighted by Crippen LogP contribution is -2.42. The highest BCUT2D eigenvalue weighted by atomic mass is 32.1. The van der Waals surface area contributed by atoms with Gasteiger partial charge in [0.15, 0.2) is 10.6 Å². The molecule has 2 atom stereocenters. The number of fused-ring (bicyclic) bond motifs is 2. The summed E-state index contributed by atoms with van der Waals surface area (Å²) in [4.78, 5) is 57.0. The molecule has 8 rings (SSSR count). The molecule has 0 radical (unpaired) electrons. The standard InChI is InChI=1S/C26H31N3O5.C26H31N3O4S/c2*30-24(25-29-21-6-1-2-7-23(21)34-25)28-22(26(31)32)17-19-8-10-20(11-9-19)33-16-4-3-5-18-12-14-27-15-13-18/h2*1-2,6-11,18,22,27H,3-5,12-17H2,(H,28,30)(H,31,32)/t2*22-/m00/s1. The molecule has 2 fully saturated rings. The number of hydrogen-bond acceptors (Lipinski definition) is 12. The molecular formula is C52H62N6O9S. The summed E-state index contributed by atoms with van der Waals surface area (Å²) in [6.45, 7) is 5.90. The Balaban J connectivity index is 0.000000201. The average Bonchev–Trinajstić information content (AvgIpc) is 4.01. The first kappa shape index (κ1) is 49.5. The Labute approximate surface area is 400 Å². The monoisotopic (exact) mass is 946 g/mol. The number of carbonyl (C=O) groups is 4. The zero-order valence-corrected chi connectivity index (χ0v) is 39.1. The fraction of sp³-hybridized carbons (Fsp3) is 0.423. The fourth-order valence-corrected chi connectivity index (χ4v) is 9.35. The van der Waals surface area contributed by atoms with Gasteiger partial charge in [-0.2, -0.15) is 0 Å². The molecule has 2 aliphatic rings. The Morgan fingerprint density at radius 1 is 0.618 bits per heavy atom. The van der Waals surface area contributed by atoms with E-state index in [2.05, 4.69) is 31.2 Å². The van der Waals surface area contributed by atoms with Gasteiger partial charge in [-0.25, -0.2) is 19.6 Å². The molecule has 0 aliphatic carbocycles. The zero-order valence-electron chi connectivity index (χ0n) is 38.3. The van der Waals surface area contributed by atoms with Crippen LogP contribution in [-0.4, -0.2) is 95.4 Å². The van der Waals surface area contributed by atoms with Gasteiger partial charge in [-0.15, -0.1) is 11.3 Å². The Bertz CT molecular complexity index is 2290. The van der Waals surface area contributed by atoms with Crippen molar-refractivity contribution in [1.82, 2.24) is 31.2 Å². The molecule has 0 unspecified atom stereocenters. The molecule has 15 nitrogen and oxygen atoms in total. The van der Waals surface area contributed by atoms with Crippen LogP contribution in [0.5, 0.6) is 11.5 Å². The van der Waals surface area contributed by atoms with E-state index in [1.807, 2.05) is 72.8 Å². The SMILES string of the molecule is O=C(N[C@@H](Cc1ccc(OCCCCC2CCNCC2)cc1)C(=O)O)c1nc2ccccc2o1.O=C(N[C@@H](Cc1ccc(OCCCCC2CCNCC2)cc1)C(=O)O)c1nc2ccccc2s1. The predicted molar refractivity (Wildman–Crippen MR) is 262 cm³/mol. The van der Waals surface area contributed by atoms with Crippen molar-refractivity contribution in [2.24, 2.45) is 11.8 Å². The van der Waals surface area contributed by atoms with E-state index in [0.717, 1.165) is 83.7 Å². The Kier molecular flexibility index (Phi) is 18.7. The van der Waals surface area contributed by atoms with Gasteiger partial charge in [0.25, 0.3) is 11.8 Å². The largest absolute Gasteiger partial charge is 0.494 e. The van der Waals surface area contributed by atoms with Crippen molar-refractivity contribution in [1.29, 1.82) is 0 Å². The molecule has 16 heteroatoms. The summed E-state index contributed by atoms with van der Waals surface area (Å²) in [5.41, 5.74) is 3.34. The van der Waals surface area contributed by atoms with E-state index >= 15 is 0 Å². The van der Waals surface area contributed by atoms with Crippen LogP contribution < -0.4 is 30.7 Å². The molecule has 4 aromatic carbocycles. The smallest absolute Gasteiger partial charge is 0.326 e. The third-order valence-corrected chi connectivity index (χ3v) is 13.4. The van der Waals surface area contributed by atoms with Crippen LogP contribution in [0.4, 0.5) is 0 Å².